The third kappa shape index (κ3) is 10.9. The van der Waals surface area contributed by atoms with E-state index < -0.39 is 0 Å². The molecule has 0 saturated heterocycles. The van der Waals surface area contributed by atoms with E-state index in [1.807, 2.05) is 48.6 Å². The van der Waals surface area contributed by atoms with Crippen LogP contribution >= 0.6 is 0 Å². The fourth-order valence-electron chi connectivity index (χ4n) is 1.71. The van der Waals surface area contributed by atoms with E-state index in [9.17, 15) is 10.2 Å². The van der Waals surface area contributed by atoms with E-state index in [-0.39, 0.29) is 29.0 Å². The van der Waals surface area contributed by atoms with Crippen molar-refractivity contribution in [3.63, 3.8) is 0 Å². The summed E-state index contributed by atoms with van der Waals surface area (Å²) >= 11 is 0. The molecule has 2 aliphatic carbocycles. The van der Waals surface area contributed by atoms with Crippen LogP contribution in [0.15, 0.2) is 95.9 Å². The van der Waals surface area contributed by atoms with E-state index in [1.54, 1.807) is 26.0 Å². The summed E-state index contributed by atoms with van der Waals surface area (Å²) < 4.78 is 9.43. The second-order valence-electron chi connectivity index (χ2n) is 4.61. The zero-order chi connectivity index (χ0) is 17.6. The molecule has 5 heteroatoms. The van der Waals surface area contributed by atoms with E-state index in [1.165, 1.54) is 12.2 Å². The molecule has 0 aromatic rings. The summed E-state index contributed by atoms with van der Waals surface area (Å²) in [6.07, 6.45) is 21.7. The Bertz CT molecular complexity index is 548. The summed E-state index contributed by atoms with van der Waals surface area (Å²) in [6.45, 7) is 4.41. The molecule has 0 bridgehead atoms. The van der Waals surface area contributed by atoms with Gasteiger partial charge in [-0.15, -0.1) is 0 Å². The van der Waals surface area contributed by atoms with Gasteiger partial charge in [-0.2, -0.15) is 0 Å². The predicted molar refractivity (Wildman–Crippen MR) is 92.1 cm³/mol. The van der Waals surface area contributed by atoms with Crippen molar-refractivity contribution in [2.24, 2.45) is 0 Å². The van der Waals surface area contributed by atoms with Crippen LogP contribution in [-0.2, 0) is 26.5 Å². The van der Waals surface area contributed by atoms with Gasteiger partial charge < -0.3 is 19.7 Å². The minimum absolute atomic E-state index is 0. The summed E-state index contributed by atoms with van der Waals surface area (Å²) in [4.78, 5) is 0. The summed E-state index contributed by atoms with van der Waals surface area (Å²) in [5.74, 6) is -0.586. The molecule has 0 radical (unpaired) electrons. The van der Waals surface area contributed by atoms with Gasteiger partial charge in [0.25, 0.3) is 0 Å². The van der Waals surface area contributed by atoms with Gasteiger partial charge in [0.05, 0.1) is 11.9 Å². The monoisotopic (exact) mass is 382 g/mol. The molecule has 2 rings (SSSR count). The number of hydrogen-bond acceptors (Lipinski definition) is 4. The molecule has 0 amide bonds. The second kappa shape index (κ2) is 14.0. The van der Waals surface area contributed by atoms with Crippen molar-refractivity contribution >= 4 is 0 Å². The van der Waals surface area contributed by atoms with E-state index in [0.717, 1.165) is 11.1 Å². The fourth-order valence-corrected chi connectivity index (χ4v) is 1.71. The molecule has 0 aromatic carbocycles. The maximum atomic E-state index is 10.8. The van der Waals surface area contributed by atoms with Crippen LogP contribution in [0.5, 0.6) is 0 Å². The van der Waals surface area contributed by atoms with Crippen LogP contribution in [0.4, 0.5) is 0 Å². The van der Waals surface area contributed by atoms with Crippen molar-refractivity contribution in [2.75, 3.05) is 13.2 Å². The Balaban J connectivity index is 0.000000443. The summed E-state index contributed by atoms with van der Waals surface area (Å²) in [7, 11) is 0. The van der Waals surface area contributed by atoms with E-state index in [0.29, 0.717) is 13.2 Å². The first-order valence-corrected chi connectivity index (χ1v) is 7.78. The van der Waals surface area contributed by atoms with Gasteiger partial charge in [-0.05, 0) is 36.5 Å². The first-order valence-electron chi connectivity index (χ1n) is 7.78. The Morgan fingerprint density at radius 1 is 0.760 bits per heavy atom. The number of allylic oxidation sites excluding steroid dienone is 14. The maximum Gasteiger partial charge on any atom is 2.00 e. The Labute approximate surface area is 160 Å². The first kappa shape index (κ1) is 22.6. The molecule has 0 N–H and O–H groups in total. The Morgan fingerprint density at radius 3 is 1.36 bits per heavy atom. The summed E-state index contributed by atoms with van der Waals surface area (Å²) in [5, 5.41) is 21.7. The normalized spacial score (nSPS) is 14.8. The van der Waals surface area contributed by atoms with Gasteiger partial charge in [-0.25, -0.2) is 0 Å². The molecule has 0 aromatic heterocycles. The molecule has 0 aliphatic heterocycles. The smallest absolute Gasteiger partial charge is 0.614 e. The summed E-state index contributed by atoms with van der Waals surface area (Å²) in [6, 6.07) is 0. The molecule has 0 heterocycles. The molecular weight excluding hydrogens is 360 g/mol. The largest absolute Gasteiger partial charge is 2.00 e. The quantitative estimate of drug-likeness (QED) is 0.523. The van der Waals surface area contributed by atoms with Gasteiger partial charge in [0.15, 0.2) is 0 Å². The molecule has 25 heavy (non-hydrogen) atoms. The average molecular weight is 382 g/mol. The topological polar surface area (TPSA) is 64.6 Å². The van der Waals surface area contributed by atoms with E-state index in [2.05, 4.69) is 0 Å². The fraction of sp³-hybridized carbons (Fsp3) is 0.200. The average Bonchev–Trinajstić information content (AvgIpc) is 3.26. The zero-order valence-corrected chi connectivity index (χ0v) is 15.4. The number of rotatable bonds is 6. The zero-order valence-electron chi connectivity index (χ0n) is 14.3. The molecule has 0 atom stereocenters. The molecule has 4 nitrogen and oxygen atoms in total. The molecule has 0 spiro atoms. The van der Waals surface area contributed by atoms with Crippen LogP contribution in [0.1, 0.15) is 13.8 Å². The van der Waals surface area contributed by atoms with Gasteiger partial charge >= 0.3 is 17.1 Å². The minimum atomic E-state index is -0.293. The molecule has 0 saturated carbocycles. The van der Waals surface area contributed by atoms with E-state index in [4.69, 9.17) is 9.47 Å². The SMILES string of the molecule is CCOC([O-])=CC=C1C=CC=C1.CCOC([O-])=CC=C1C=CC=C1.[Fe+2]. The van der Waals surface area contributed by atoms with Gasteiger partial charge in [-0.3, -0.25) is 0 Å². The van der Waals surface area contributed by atoms with Crippen molar-refractivity contribution < 1.29 is 36.8 Å². The number of ether oxygens (including phenoxy) is 2. The maximum absolute atomic E-state index is 10.8. The third-order valence-corrected chi connectivity index (χ3v) is 2.77. The molecule has 0 unspecified atom stereocenters. The van der Waals surface area contributed by atoms with Gasteiger partial charge in [0, 0.05) is 0 Å². The van der Waals surface area contributed by atoms with Crippen molar-refractivity contribution in [3.8, 4) is 0 Å². The minimum Gasteiger partial charge on any atom is -0.614 e. The van der Waals surface area contributed by atoms with Crippen molar-refractivity contribution in [2.45, 2.75) is 13.8 Å². The van der Waals surface area contributed by atoms with Crippen LogP contribution < -0.4 is 10.2 Å². The predicted octanol–water partition coefficient (Wildman–Crippen LogP) is 2.55. The first-order chi connectivity index (χ1) is 11.7. The Kier molecular flexibility index (Phi) is 12.7. The van der Waals surface area contributed by atoms with Crippen LogP contribution in [0.2, 0.25) is 0 Å². The second-order valence-corrected chi connectivity index (χ2v) is 4.61. The van der Waals surface area contributed by atoms with Crippen LogP contribution in [0, 0.1) is 0 Å². The molecule has 0 fully saturated rings. The molecule has 2 aliphatic rings. The van der Waals surface area contributed by atoms with Crippen LogP contribution in [-0.4, -0.2) is 13.2 Å². The molecule has 134 valence electrons. The van der Waals surface area contributed by atoms with Crippen molar-refractivity contribution in [3.05, 3.63) is 95.9 Å². The van der Waals surface area contributed by atoms with Crippen molar-refractivity contribution in [1.29, 1.82) is 0 Å². The van der Waals surface area contributed by atoms with Crippen LogP contribution in [0.25, 0.3) is 0 Å². The van der Waals surface area contributed by atoms with Gasteiger partial charge in [0.1, 0.15) is 0 Å². The van der Waals surface area contributed by atoms with Gasteiger partial charge in [-0.1, -0.05) is 74.6 Å². The third-order valence-electron chi connectivity index (χ3n) is 2.77. The summed E-state index contributed by atoms with van der Waals surface area (Å²) in [5.41, 5.74) is 2.03. The number of hydrogen-bond donors (Lipinski definition) is 0. The van der Waals surface area contributed by atoms with E-state index >= 15 is 0 Å². The van der Waals surface area contributed by atoms with Gasteiger partial charge in [0.2, 0.25) is 0 Å². The Hall–Kier alpha value is -2.36. The van der Waals surface area contributed by atoms with Crippen molar-refractivity contribution in [1.82, 2.24) is 0 Å². The Morgan fingerprint density at radius 2 is 1.08 bits per heavy atom. The van der Waals surface area contributed by atoms with Crippen LogP contribution in [0.3, 0.4) is 0 Å². The standard InChI is InChI=1S/2C10H12O2.Fe/c2*1-2-12-10(11)8-7-9-5-3-4-6-9;/h2*3-8,11H,2H2,1H3;/q;;+2/p-2. The molecular formula is C20H22FeO4.